The zero-order valence-corrected chi connectivity index (χ0v) is 14.0. The Kier molecular flexibility index (Phi) is 3.25. The molecule has 0 aromatic heterocycles. The fourth-order valence-corrected chi connectivity index (χ4v) is 6.27. The molecule has 4 aliphatic rings. The zero-order chi connectivity index (χ0) is 15.5. The third-order valence-electron chi connectivity index (χ3n) is 7.40. The van der Waals surface area contributed by atoms with Crippen LogP contribution in [0.4, 0.5) is 0 Å². The summed E-state index contributed by atoms with van der Waals surface area (Å²) >= 11 is 0. The van der Waals surface area contributed by atoms with Crippen molar-refractivity contribution in [1.82, 2.24) is 0 Å². The second-order valence-electron chi connectivity index (χ2n) is 8.20. The summed E-state index contributed by atoms with van der Waals surface area (Å²) in [5, 5.41) is 0. The fourth-order valence-electron chi connectivity index (χ4n) is 6.27. The highest BCUT2D eigenvalue weighted by Crippen LogP contribution is 2.61. The van der Waals surface area contributed by atoms with E-state index < -0.39 is 0 Å². The van der Waals surface area contributed by atoms with Gasteiger partial charge in [-0.25, -0.2) is 0 Å². The SMILES string of the molecule is C=C1C[C@H]2[C@@H]3CC=C4C=C(C)CCC4[C@H]3CC[C@]2(CC)C1=O. The van der Waals surface area contributed by atoms with Gasteiger partial charge in [-0.05, 0) is 86.7 Å². The second kappa shape index (κ2) is 4.94. The molecule has 118 valence electrons. The predicted octanol–water partition coefficient (Wildman–Crippen LogP) is 5.24. The van der Waals surface area contributed by atoms with Crippen LogP contribution in [-0.2, 0) is 4.79 Å². The molecule has 1 nitrogen and oxygen atoms in total. The molecule has 0 N–H and O–H groups in total. The van der Waals surface area contributed by atoms with E-state index in [4.69, 9.17) is 0 Å². The Bertz CT molecular complexity index is 593. The average molecular weight is 296 g/mol. The highest BCUT2D eigenvalue weighted by Gasteiger charge is 2.58. The number of rotatable bonds is 1. The molecule has 2 fully saturated rings. The molecular weight excluding hydrogens is 268 g/mol. The summed E-state index contributed by atoms with van der Waals surface area (Å²) in [6.07, 6.45) is 13.1. The molecule has 4 aliphatic carbocycles. The monoisotopic (exact) mass is 296 g/mol. The van der Waals surface area contributed by atoms with Gasteiger partial charge in [0.2, 0.25) is 0 Å². The van der Waals surface area contributed by atoms with Gasteiger partial charge in [-0.2, -0.15) is 0 Å². The minimum absolute atomic E-state index is 0.0516. The van der Waals surface area contributed by atoms with Crippen LogP contribution in [0, 0.1) is 29.1 Å². The van der Waals surface area contributed by atoms with E-state index >= 15 is 0 Å². The van der Waals surface area contributed by atoms with Gasteiger partial charge in [-0.15, -0.1) is 0 Å². The number of hydrogen-bond acceptors (Lipinski definition) is 1. The molecule has 4 rings (SSSR count). The molecule has 0 spiro atoms. The Morgan fingerprint density at radius 3 is 2.91 bits per heavy atom. The van der Waals surface area contributed by atoms with E-state index in [0.717, 1.165) is 42.6 Å². The Morgan fingerprint density at radius 1 is 1.32 bits per heavy atom. The first-order valence-corrected chi connectivity index (χ1v) is 9.16. The van der Waals surface area contributed by atoms with Crippen molar-refractivity contribution in [3.05, 3.63) is 35.5 Å². The van der Waals surface area contributed by atoms with Gasteiger partial charge in [0, 0.05) is 5.41 Å². The summed E-state index contributed by atoms with van der Waals surface area (Å²) in [5.41, 5.74) is 4.02. The molecule has 0 heterocycles. The first-order chi connectivity index (χ1) is 10.6. The van der Waals surface area contributed by atoms with Crippen LogP contribution in [-0.4, -0.2) is 5.78 Å². The van der Waals surface area contributed by atoms with E-state index in [-0.39, 0.29) is 5.41 Å². The van der Waals surface area contributed by atoms with Crippen LogP contribution in [0.3, 0.4) is 0 Å². The van der Waals surface area contributed by atoms with E-state index in [0.29, 0.717) is 11.7 Å². The van der Waals surface area contributed by atoms with Crippen LogP contribution in [0.1, 0.15) is 58.8 Å². The molecule has 2 saturated carbocycles. The van der Waals surface area contributed by atoms with E-state index in [1.54, 1.807) is 11.1 Å². The third kappa shape index (κ3) is 1.80. The summed E-state index contributed by atoms with van der Waals surface area (Å²) < 4.78 is 0. The van der Waals surface area contributed by atoms with Crippen LogP contribution < -0.4 is 0 Å². The lowest BCUT2D eigenvalue weighted by atomic mass is 9.52. The van der Waals surface area contributed by atoms with Gasteiger partial charge in [0.25, 0.3) is 0 Å². The molecule has 0 aliphatic heterocycles. The highest BCUT2D eigenvalue weighted by molar-refractivity contribution is 6.02. The number of carbonyl (C=O) groups excluding carboxylic acids is 1. The Labute approximate surface area is 134 Å². The van der Waals surface area contributed by atoms with E-state index in [1.807, 2.05) is 0 Å². The van der Waals surface area contributed by atoms with Gasteiger partial charge in [-0.3, -0.25) is 4.79 Å². The maximum absolute atomic E-state index is 12.8. The Morgan fingerprint density at radius 2 is 2.14 bits per heavy atom. The summed E-state index contributed by atoms with van der Waals surface area (Å²) in [5.74, 6) is 3.28. The minimum Gasteiger partial charge on any atom is -0.294 e. The Hall–Kier alpha value is -1.11. The van der Waals surface area contributed by atoms with Crippen molar-refractivity contribution in [2.45, 2.75) is 58.8 Å². The van der Waals surface area contributed by atoms with Gasteiger partial charge in [0.05, 0.1) is 0 Å². The number of hydrogen-bond donors (Lipinski definition) is 0. The number of Topliss-reactive ketones (excluding diaryl/α,β-unsaturated/α-hetero) is 1. The quantitative estimate of drug-likeness (QED) is 0.605. The van der Waals surface area contributed by atoms with Crippen LogP contribution in [0.25, 0.3) is 0 Å². The number of fused-ring (bicyclic) bond motifs is 5. The lowest BCUT2D eigenvalue weighted by Gasteiger charge is -2.51. The molecule has 0 aromatic carbocycles. The van der Waals surface area contributed by atoms with Crippen molar-refractivity contribution in [3.8, 4) is 0 Å². The zero-order valence-electron chi connectivity index (χ0n) is 14.0. The van der Waals surface area contributed by atoms with Gasteiger partial charge in [-0.1, -0.05) is 31.2 Å². The summed E-state index contributed by atoms with van der Waals surface area (Å²) in [6.45, 7) is 8.60. The van der Waals surface area contributed by atoms with Crippen molar-refractivity contribution in [2.75, 3.05) is 0 Å². The van der Waals surface area contributed by atoms with Gasteiger partial charge in [0.1, 0.15) is 0 Å². The molecule has 0 amide bonds. The fraction of sp³-hybridized carbons (Fsp3) is 0.667. The Balaban J connectivity index is 1.70. The second-order valence-corrected chi connectivity index (χ2v) is 8.20. The highest BCUT2D eigenvalue weighted by atomic mass is 16.1. The number of carbonyl (C=O) groups is 1. The van der Waals surface area contributed by atoms with E-state index in [9.17, 15) is 4.79 Å². The van der Waals surface area contributed by atoms with Crippen LogP contribution >= 0.6 is 0 Å². The van der Waals surface area contributed by atoms with Crippen molar-refractivity contribution in [2.24, 2.45) is 29.1 Å². The van der Waals surface area contributed by atoms with Crippen LogP contribution in [0.5, 0.6) is 0 Å². The van der Waals surface area contributed by atoms with E-state index in [1.165, 1.54) is 25.7 Å². The van der Waals surface area contributed by atoms with Crippen LogP contribution in [0.2, 0.25) is 0 Å². The third-order valence-corrected chi connectivity index (χ3v) is 7.40. The van der Waals surface area contributed by atoms with Crippen molar-refractivity contribution >= 4 is 5.78 Å². The minimum atomic E-state index is -0.0516. The summed E-state index contributed by atoms with van der Waals surface area (Å²) in [6, 6.07) is 0. The molecule has 1 heteroatoms. The van der Waals surface area contributed by atoms with Crippen molar-refractivity contribution in [1.29, 1.82) is 0 Å². The summed E-state index contributed by atoms with van der Waals surface area (Å²) in [4.78, 5) is 12.8. The first-order valence-electron chi connectivity index (χ1n) is 9.16. The lowest BCUT2D eigenvalue weighted by molar-refractivity contribution is -0.130. The molecule has 0 saturated heterocycles. The largest absolute Gasteiger partial charge is 0.294 e. The average Bonchev–Trinajstić information content (AvgIpc) is 2.79. The maximum Gasteiger partial charge on any atom is 0.164 e. The predicted molar refractivity (Wildman–Crippen MR) is 90.4 cm³/mol. The molecule has 1 unspecified atom stereocenters. The molecular formula is C21H28O. The topological polar surface area (TPSA) is 17.1 Å². The van der Waals surface area contributed by atoms with Gasteiger partial charge in [0.15, 0.2) is 5.78 Å². The first kappa shape index (κ1) is 14.5. The van der Waals surface area contributed by atoms with Crippen LogP contribution in [0.15, 0.2) is 35.5 Å². The van der Waals surface area contributed by atoms with E-state index in [2.05, 4.69) is 32.6 Å². The molecule has 22 heavy (non-hydrogen) atoms. The smallest absolute Gasteiger partial charge is 0.164 e. The maximum atomic E-state index is 12.8. The normalized spacial score (nSPS) is 43.9. The standard InChI is InChI=1S/C21H28O/c1-4-21-10-9-17-16-7-5-13(2)11-15(16)6-8-18(17)19(21)12-14(3)20(21)22/h6,11,16-19H,3-5,7-10,12H2,1-2H3/t16?,17-,18-,19+,21+/m1/s1. The number of allylic oxidation sites excluding steroid dienone is 5. The lowest BCUT2D eigenvalue weighted by Crippen LogP contribution is -2.46. The molecule has 0 bridgehead atoms. The van der Waals surface area contributed by atoms with Crippen molar-refractivity contribution < 1.29 is 4.79 Å². The summed E-state index contributed by atoms with van der Waals surface area (Å²) in [7, 11) is 0. The number of ketones is 1. The molecule has 0 aromatic rings. The van der Waals surface area contributed by atoms with Gasteiger partial charge < -0.3 is 0 Å². The van der Waals surface area contributed by atoms with Crippen molar-refractivity contribution in [3.63, 3.8) is 0 Å². The molecule has 5 atom stereocenters. The van der Waals surface area contributed by atoms with Gasteiger partial charge >= 0.3 is 0 Å². The molecule has 0 radical (unpaired) electrons.